The number of likely N-dealkylation sites (tertiary alicyclic amines) is 1. The molecule has 2 fully saturated rings. The number of nitrogens with zero attached hydrogens (tertiary/aromatic N) is 4. The number of rotatable bonds is 5. The van der Waals surface area contributed by atoms with Gasteiger partial charge in [-0.3, -0.25) is 0 Å². The van der Waals surface area contributed by atoms with E-state index in [1.165, 1.54) is 50.0 Å². The highest BCUT2D eigenvalue weighted by Gasteiger charge is 2.34. The summed E-state index contributed by atoms with van der Waals surface area (Å²) in [5, 5.41) is 0.997. The molecule has 0 radical (unpaired) electrons. The summed E-state index contributed by atoms with van der Waals surface area (Å²) in [4.78, 5) is 11.5. The van der Waals surface area contributed by atoms with Crippen LogP contribution >= 0.6 is 0 Å². The number of anilines is 1. The van der Waals surface area contributed by atoms with Gasteiger partial charge in [0, 0.05) is 24.3 Å². The van der Waals surface area contributed by atoms with Crippen molar-refractivity contribution in [1.29, 1.82) is 0 Å². The number of hydrogen-bond donors (Lipinski definition) is 1. The van der Waals surface area contributed by atoms with Crippen LogP contribution in [0.1, 0.15) is 37.8 Å². The van der Waals surface area contributed by atoms with Crippen LogP contribution in [-0.4, -0.2) is 39.1 Å². The van der Waals surface area contributed by atoms with Gasteiger partial charge >= 0.3 is 0 Å². The minimum Gasteiger partial charge on any atom is -0.383 e. The van der Waals surface area contributed by atoms with E-state index in [0.717, 1.165) is 28.9 Å². The zero-order valence-corrected chi connectivity index (χ0v) is 15.9. The summed E-state index contributed by atoms with van der Waals surface area (Å²) < 4.78 is 2.36. The Kier molecular flexibility index (Phi) is 4.12. The molecule has 0 unspecified atom stereocenters. The molecule has 1 aliphatic carbocycles. The fraction of sp³-hybridized carbons (Fsp3) is 0.455. The van der Waals surface area contributed by atoms with Gasteiger partial charge in [0.25, 0.3) is 0 Å². The Morgan fingerprint density at radius 1 is 1.19 bits per heavy atom. The second-order valence-electron chi connectivity index (χ2n) is 8.11. The molecule has 2 aromatic heterocycles. The maximum Gasteiger partial charge on any atom is 0.146 e. The number of aryl methyl sites for hydroxylation is 1. The van der Waals surface area contributed by atoms with E-state index in [1.54, 1.807) is 6.33 Å². The minimum atomic E-state index is 0.524. The molecule has 1 saturated carbocycles. The number of fused-ring (bicyclic) bond motifs is 1. The Labute approximate surface area is 160 Å². The van der Waals surface area contributed by atoms with Crippen LogP contribution in [0, 0.1) is 5.92 Å². The van der Waals surface area contributed by atoms with Crippen molar-refractivity contribution in [1.82, 2.24) is 19.4 Å². The second kappa shape index (κ2) is 6.64. The summed E-state index contributed by atoms with van der Waals surface area (Å²) in [6.07, 6.45) is 8.72. The number of nitrogens with two attached hydrogens (primary N) is 1. The van der Waals surface area contributed by atoms with Gasteiger partial charge in [0.05, 0.1) is 5.39 Å². The smallest absolute Gasteiger partial charge is 0.146 e. The van der Waals surface area contributed by atoms with Crippen molar-refractivity contribution in [2.75, 3.05) is 25.4 Å². The molecule has 0 spiro atoms. The molecule has 3 heterocycles. The zero-order chi connectivity index (χ0) is 18.4. The standard InChI is InChI=1S/C22H27N5/c1-2-15-5-3-6-17(9-15)19-13-27(22-20(19)21(23)24-14-25-22)18-10-16(11-18)12-26-7-4-8-26/h3,5-6,9,13-14,16,18H,2,4,7-8,10-12H2,1H3,(H2,23,24,25). The van der Waals surface area contributed by atoms with Crippen molar-refractivity contribution in [3.8, 4) is 11.1 Å². The molecule has 1 saturated heterocycles. The van der Waals surface area contributed by atoms with Crippen LogP contribution in [0.25, 0.3) is 22.2 Å². The highest BCUT2D eigenvalue weighted by molar-refractivity contribution is 6.00. The lowest BCUT2D eigenvalue weighted by molar-refractivity contribution is 0.0921. The van der Waals surface area contributed by atoms with Crippen LogP contribution < -0.4 is 5.73 Å². The highest BCUT2D eigenvalue weighted by atomic mass is 15.2. The fourth-order valence-corrected chi connectivity index (χ4v) is 4.57. The van der Waals surface area contributed by atoms with Crippen LogP contribution in [0.4, 0.5) is 5.82 Å². The first kappa shape index (κ1) is 16.8. The first-order valence-corrected chi connectivity index (χ1v) is 10.2. The van der Waals surface area contributed by atoms with Crippen LogP contribution in [-0.2, 0) is 6.42 Å². The lowest BCUT2D eigenvalue weighted by Crippen LogP contribution is -2.43. The van der Waals surface area contributed by atoms with Gasteiger partial charge in [-0.2, -0.15) is 0 Å². The van der Waals surface area contributed by atoms with Crippen molar-refractivity contribution in [2.24, 2.45) is 5.92 Å². The summed E-state index contributed by atoms with van der Waals surface area (Å²) in [6, 6.07) is 9.26. The molecule has 0 atom stereocenters. The van der Waals surface area contributed by atoms with E-state index >= 15 is 0 Å². The van der Waals surface area contributed by atoms with Gasteiger partial charge in [-0.25, -0.2) is 9.97 Å². The van der Waals surface area contributed by atoms with Gasteiger partial charge in [0.2, 0.25) is 0 Å². The van der Waals surface area contributed by atoms with E-state index in [1.807, 2.05) is 0 Å². The molecule has 140 valence electrons. The van der Waals surface area contributed by atoms with Crippen LogP contribution in [0.5, 0.6) is 0 Å². The second-order valence-corrected chi connectivity index (χ2v) is 8.11. The van der Waals surface area contributed by atoms with E-state index in [4.69, 9.17) is 5.73 Å². The van der Waals surface area contributed by atoms with Gasteiger partial charge in [-0.1, -0.05) is 31.2 Å². The molecular formula is C22H27N5. The maximum atomic E-state index is 6.29. The lowest BCUT2D eigenvalue weighted by Gasteiger charge is -2.42. The van der Waals surface area contributed by atoms with Crippen LogP contribution in [0.3, 0.4) is 0 Å². The Morgan fingerprint density at radius 2 is 2.04 bits per heavy atom. The molecule has 5 heteroatoms. The molecule has 1 aliphatic heterocycles. The largest absolute Gasteiger partial charge is 0.383 e. The van der Waals surface area contributed by atoms with Gasteiger partial charge in [0.1, 0.15) is 17.8 Å². The predicted octanol–water partition coefficient (Wildman–Crippen LogP) is 3.90. The molecule has 0 amide bonds. The van der Waals surface area contributed by atoms with Crippen molar-refractivity contribution in [3.63, 3.8) is 0 Å². The summed E-state index contributed by atoms with van der Waals surface area (Å²) in [5.41, 5.74) is 11.0. The van der Waals surface area contributed by atoms with Crippen LogP contribution in [0.15, 0.2) is 36.8 Å². The third-order valence-corrected chi connectivity index (χ3v) is 6.35. The molecular weight excluding hydrogens is 334 g/mol. The average molecular weight is 361 g/mol. The highest BCUT2D eigenvalue weighted by Crippen LogP contribution is 2.43. The Morgan fingerprint density at radius 3 is 2.78 bits per heavy atom. The van der Waals surface area contributed by atoms with Crippen molar-refractivity contribution in [3.05, 3.63) is 42.4 Å². The Hall–Kier alpha value is -2.40. The summed E-state index contributed by atoms with van der Waals surface area (Å²) in [5.74, 6) is 1.39. The predicted molar refractivity (Wildman–Crippen MR) is 110 cm³/mol. The monoisotopic (exact) mass is 361 g/mol. The third-order valence-electron chi connectivity index (χ3n) is 6.35. The number of benzene rings is 1. The quantitative estimate of drug-likeness (QED) is 0.749. The van der Waals surface area contributed by atoms with E-state index in [2.05, 4.69) is 56.8 Å². The molecule has 0 bridgehead atoms. The summed E-state index contributed by atoms with van der Waals surface area (Å²) in [6.45, 7) is 6.02. The van der Waals surface area contributed by atoms with Crippen molar-refractivity contribution in [2.45, 2.75) is 38.6 Å². The van der Waals surface area contributed by atoms with Gasteiger partial charge in [-0.15, -0.1) is 0 Å². The molecule has 5 rings (SSSR count). The first-order valence-electron chi connectivity index (χ1n) is 10.2. The van der Waals surface area contributed by atoms with Gasteiger partial charge < -0.3 is 15.2 Å². The number of hydrogen-bond acceptors (Lipinski definition) is 4. The SMILES string of the molecule is CCc1cccc(-c2cn(C3CC(CN4CCC4)C3)c3ncnc(N)c23)c1. The average Bonchev–Trinajstić information content (AvgIpc) is 3.00. The number of nitrogen functional groups attached to an aromatic ring is 1. The Bertz CT molecular complexity index is 966. The van der Waals surface area contributed by atoms with Gasteiger partial charge in [0.15, 0.2) is 0 Å². The summed E-state index contributed by atoms with van der Waals surface area (Å²) >= 11 is 0. The van der Waals surface area contributed by atoms with Gasteiger partial charge in [-0.05, 0) is 55.8 Å². The van der Waals surface area contributed by atoms with E-state index in [9.17, 15) is 0 Å². The summed E-state index contributed by atoms with van der Waals surface area (Å²) in [7, 11) is 0. The maximum absolute atomic E-state index is 6.29. The molecule has 2 N–H and O–H groups in total. The number of aromatic nitrogens is 3. The molecule has 27 heavy (non-hydrogen) atoms. The van der Waals surface area contributed by atoms with Crippen LogP contribution in [0.2, 0.25) is 0 Å². The first-order chi connectivity index (χ1) is 13.2. The molecule has 1 aromatic carbocycles. The van der Waals surface area contributed by atoms with E-state index < -0.39 is 0 Å². The Balaban J connectivity index is 1.49. The molecule has 3 aromatic rings. The van der Waals surface area contributed by atoms with Crippen molar-refractivity contribution < 1.29 is 0 Å². The molecule has 5 nitrogen and oxygen atoms in total. The fourth-order valence-electron chi connectivity index (χ4n) is 4.57. The normalized spacial score (nSPS) is 22.6. The molecule has 2 aliphatic rings. The topological polar surface area (TPSA) is 60.0 Å². The third kappa shape index (κ3) is 2.90. The van der Waals surface area contributed by atoms with E-state index in [0.29, 0.717) is 11.9 Å². The lowest BCUT2D eigenvalue weighted by atomic mass is 9.79. The van der Waals surface area contributed by atoms with Crippen molar-refractivity contribution >= 4 is 16.9 Å². The van der Waals surface area contributed by atoms with E-state index in [-0.39, 0.29) is 0 Å². The zero-order valence-electron chi connectivity index (χ0n) is 15.9. The minimum absolute atomic E-state index is 0.524.